The Morgan fingerprint density at radius 1 is 1.32 bits per heavy atom. The van der Waals surface area contributed by atoms with Crippen molar-refractivity contribution in [2.75, 3.05) is 0 Å². The van der Waals surface area contributed by atoms with E-state index >= 15 is 0 Å². The molecule has 0 saturated heterocycles. The van der Waals surface area contributed by atoms with Gasteiger partial charge in [-0.1, -0.05) is 13.8 Å². The molecule has 0 aliphatic rings. The topological polar surface area (TPSA) is 84.2 Å². The van der Waals surface area contributed by atoms with Crippen molar-refractivity contribution < 1.29 is 14.7 Å². The molecule has 0 spiro atoms. The molecule has 1 amide bonds. The lowest BCUT2D eigenvalue weighted by molar-refractivity contribution is -0.140. The zero-order valence-corrected chi connectivity index (χ0v) is 12.0. The van der Waals surface area contributed by atoms with E-state index in [0.717, 1.165) is 5.69 Å². The molecule has 6 heteroatoms. The van der Waals surface area contributed by atoms with Crippen LogP contribution in [0.5, 0.6) is 0 Å². The summed E-state index contributed by atoms with van der Waals surface area (Å²) < 4.78 is 1.74. The highest BCUT2D eigenvalue weighted by Crippen LogP contribution is 2.13. The molecule has 0 aliphatic carbocycles. The number of rotatable bonds is 5. The quantitative estimate of drug-likeness (QED) is 0.849. The number of hydrogen-bond acceptors (Lipinski definition) is 3. The molecule has 19 heavy (non-hydrogen) atoms. The molecule has 0 aliphatic heterocycles. The minimum Gasteiger partial charge on any atom is -0.480 e. The van der Waals surface area contributed by atoms with E-state index in [1.165, 1.54) is 6.20 Å². The number of aromatic nitrogens is 2. The summed E-state index contributed by atoms with van der Waals surface area (Å²) in [6.45, 7) is 9.24. The van der Waals surface area contributed by atoms with E-state index in [0.29, 0.717) is 5.56 Å². The maximum absolute atomic E-state index is 12.1. The van der Waals surface area contributed by atoms with Crippen molar-refractivity contribution in [1.82, 2.24) is 15.1 Å². The largest absolute Gasteiger partial charge is 0.480 e. The summed E-state index contributed by atoms with van der Waals surface area (Å²) >= 11 is 0. The molecule has 0 radical (unpaired) electrons. The van der Waals surface area contributed by atoms with Gasteiger partial charge in [-0.25, -0.2) is 4.79 Å². The highest BCUT2D eigenvalue weighted by atomic mass is 16.4. The molecule has 6 nitrogen and oxygen atoms in total. The number of aliphatic carboxylic acids is 1. The zero-order chi connectivity index (χ0) is 14.7. The van der Waals surface area contributed by atoms with Crippen molar-refractivity contribution in [2.24, 2.45) is 5.92 Å². The van der Waals surface area contributed by atoms with E-state index in [1.807, 2.05) is 13.8 Å². The Balaban J connectivity index is 2.92. The van der Waals surface area contributed by atoms with Gasteiger partial charge < -0.3 is 10.4 Å². The zero-order valence-electron chi connectivity index (χ0n) is 12.0. The van der Waals surface area contributed by atoms with Crippen molar-refractivity contribution in [2.45, 2.75) is 46.7 Å². The van der Waals surface area contributed by atoms with Crippen LogP contribution in [0.3, 0.4) is 0 Å². The van der Waals surface area contributed by atoms with Crippen LogP contribution in [0.25, 0.3) is 0 Å². The average Bonchev–Trinajstić information content (AvgIpc) is 2.66. The lowest BCUT2D eigenvalue weighted by Gasteiger charge is -2.17. The highest BCUT2D eigenvalue weighted by molar-refractivity contribution is 5.97. The third-order valence-corrected chi connectivity index (χ3v) is 3.00. The van der Waals surface area contributed by atoms with Gasteiger partial charge >= 0.3 is 5.97 Å². The molecule has 1 aromatic heterocycles. The Hall–Kier alpha value is -1.85. The summed E-state index contributed by atoms with van der Waals surface area (Å²) in [6, 6.07) is -0.740. The van der Waals surface area contributed by atoms with Crippen molar-refractivity contribution in [3.05, 3.63) is 17.5 Å². The Bertz CT molecular complexity index is 477. The van der Waals surface area contributed by atoms with Gasteiger partial charge in [-0.2, -0.15) is 5.10 Å². The van der Waals surface area contributed by atoms with Gasteiger partial charge in [-0.3, -0.25) is 9.48 Å². The maximum Gasteiger partial charge on any atom is 0.326 e. The van der Waals surface area contributed by atoms with Crippen molar-refractivity contribution in [3.8, 4) is 0 Å². The van der Waals surface area contributed by atoms with Crippen molar-refractivity contribution in [1.29, 1.82) is 0 Å². The second-order valence-electron chi connectivity index (χ2n) is 5.22. The van der Waals surface area contributed by atoms with Gasteiger partial charge in [0.2, 0.25) is 0 Å². The average molecular weight is 267 g/mol. The number of amides is 1. The second kappa shape index (κ2) is 5.86. The number of hydrogen-bond donors (Lipinski definition) is 2. The fourth-order valence-corrected chi connectivity index (χ4v) is 1.90. The summed E-state index contributed by atoms with van der Waals surface area (Å²) in [4.78, 5) is 23.2. The van der Waals surface area contributed by atoms with Crippen molar-refractivity contribution >= 4 is 11.9 Å². The molecule has 0 saturated carbocycles. The molecule has 0 unspecified atom stereocenters. The van der Waals surface area contributed by atoms with E-state index in [2.05, 4.69) is 10.4 Å². The number of nitrogens with zero attached hydrogens (tertiary/aromatic N) is 2. The maximum atomic E-state index is 12.1. The summed E-state index contributed by atoms with van der Waals surface area (Å²) in [6.07, 6.45) is 1.48. The van der Waals surface area contributed by atoms with Crippen molar-refractivity contribution in [3.63, 3.8) is 0 Å². The van der Waals surface area contributed by atoms with Crippen LogP contribution in [0, 0.1) is 12.8 Å². The summed E-state index contributed by atoms with van der Waals surface area (Å²) in [5, 5.41) is 15.7. The normalized spacial score (nSPS) is 12.8. The Kier molecular flexibility index (Phi) is 4.69. The molecular weight excluding hydrogens is 246 g/mol. The molecule has 1 heterocycles. The third-order valence-electron chi connectivity index (χ3n) is 3.00. The number of carboxylic acid groups (broad SMARTS) is 1. The van der Waals surface area contributed by atoms with Gasteiger partial charge in [-0.05, 0) is 26.7 Å². The second-order valence-corrected chi connectivity index (χ2v) is 5.22. The predicted molar refractivity (Wildman–Crippen MR) is 71.1 cm³/mol. The van der Waals surface area contributed by atoms with Gasteiger partial charge in [0.25, 0.3) is 5.91 Å². The monoisotopic (exact) mass is 267 g/mol. The Labute approximate surface area is 112 Å². The van der Waals surface area contributed by atoms with E-state index < -0.39 is 17.9 Å². The van der Waals surface area contributed by atoms with Crippen LogP contribution in [-0.4, -0.2) is 32.8 Å². The first-order valence-electron chi connectivity index (χ1n) is 6.33. The molecular formula is C13H21N3O3. The molecule has 0 aromatic carbocycles. The molecule has 0 fully saturated rings. The fourth-order valence-electron chi connectivity index (χ4n) is 1.90. The van der Waals surface area contributed by atoms with Gasteiger partial charge in [-0.15, -0.1) is 0 Å². The van der Waals surface area contributed by atoms with Crippen LogP contribution in [0.4, 0.5) is 0 Å². The Morgan fingerprint density at radius 2 is 1.89 bits per heavy atom. The molecule has 1 aromatic rings. The smallest absolute Gasteiger partial charge is 0.326 e. The first-order valence-corrected chi connectivity index (χ1v) is 6.33. The molecule has 106 valence electrons. The minimum absolute atomic E-state index is 0.155. The first-order chi connectivity index (χ1) is 8.75. The van der Waals surface area contributed by atoms with Crippen LogP contribution in [0.15, 0.2) is 6.20 Å². The standard InChI is InChI=1S/C13H21N3O3/c1-7(2)11(13(18)19)15-12(17)10-6-14-16(8(3)4)9(10)5/h6-8,11H,1-5H3,(H,15,17)(H,18,19)/t11-/m1/s1. The lowest BCUT2D eigenvalue weighted by atomic mass is 10.0. The van der Waals surface area contributed by atoms with E-state index in [-0.39, 0.29) is 12.0 Å². The van der Waals surface area contributed by atoms with Gasteiger partial charge in [0.05, 0.1) is 11.8 Å². The highest BCUT2D eigenvalue weighted by Gasteiger charge is 2.25. The Morgan fingerprint density at radius 3 is 2.26 bits per heavy atom. The van der Waals surface area contributed by atoms with Crippen LogP contribution < -0.4 is 5.32 Å². The number of carbonyl (C=O) groups excluding carboxylic acids is 1. The number of carboxylic acids is 1. The molecule has 1 atom stereocenters. The van der Waals surface area contributed by atoms with Gasteiger partial charge in [0, 0.05) is 11.7 Å². The molecule has 1 rings (SSSR count). The molecule has 2 N–H and O–H groups in total. The lowest BCUT2D eigenvalue weighted by Crippen LogP contribution is -2.44. The van der Waals surface area contributed by atoms with Gasteiger partial charge in [0.1, 0.15) is 6.04 Å². The summed E-state index contributed by atoms with van der Waals surface area (Å²) in [5.74, 6) is -1.61. The van der Waals surface area contributed by atoms with Gasteiger partial charge in [0.15, 0.2) is 0 Å². The molecule has 0 bridgehead atoms. The first kappa shape index (κ1) is 15.2. The van der Waals surface area contributed by atoms with E-state index in [1.54, 1.807) is 25.5 Å². The van der Waals surface area contributed by atoms with Crippen LogP contribution in [0.2, 0.25) is 0 Å². The van der Waals surface area contributed by atoms with E-state index in [9.17, 15) is 9.59 Å². The van der Waals surface area contributed by atoms with Crippen LogP contribution >= 0.6 is 0 Å². The van der Waals surface area contributed by atoms with Crippen LogP contribution in [-0.2, 0) is 4.79 Å². The summed E-state index contributed by atoms with van der Waals surface area (Å²) in [5.41, 5.74) is 1.15. The SMILES string of the molecule is Cc1c(C(=O)N[C@@H](C(=O)O)C(C)C)cnn1C(C)C. The summed E-state index contributed by atoms with van der Waals surface area (Å²) in [7, 11) is 0. The number of carbonyl (C=O) groups is 2. The van der Waals surface area contributed by atoms with Crippen LogP contribution in [0.1, 0.15) is 49.8 Å². The predicted octanol–water partition coefficient (Wildman–Crippen LogP) is 1.61. The number of nitrogens with one attached hydrogen (secondary N) is 1. The van der Waals surface area contributed by atoms with E-state index in [4.69, 9.17) is 5.11 Å². The minimum atomic E-state index is -1.03. The third kappa shape index (κ3) is 3.33. The fraction of sp³-hybridized carbons (Fsp3) is 0.615.